The molecule has 1 heterocycles. The number of benzene rings is 1. The first kappa shape index (κ1) is 16.8. The lowest BCUT2D eigenvalue weighted by Gasteiger charge is -2.34. The number of hydrogen-bond donors (Lipinski definition) is 2. The van der Waals surface area contributed by atoms with Gasteiger partial charge in [-0.15, -0.1) is 0 Å². The van der Waals surface area contributed by atoms with Gasteiger partial charge in [0.05, 0.1) is 6.61 Å². The molecule has 3 rings (SSSR count). The zero-order valence-corrected chi connectivity index (χ0v) is 13.1. The fourth-order valence-corrected chi connectivity index (χ4v) is 2.98. The van der Waals surface area contributed by atoms with Gasteiger partial charge in [0.15, 0.2) is 0 Å². The maximum atomic E-state index is 14.2. The molecule has 1 amide bonds. The van der Waals surface area contributed by atoms with Gasteiger partial charge in [-0.3, -0.25) is 9.79 Å². The first-order chi connectivity index (χ1) is 11.2. The molecule has 24 heavy (non-hydrogen) atoms. The van der Waals surface area contributed by atoms with Crippen molar-refractivity contribution in [2.75, 3.05) is 18.5 Å². The Morgan fingerprint density at radius 3 is 2.75 bits per heavy atom. The number of ether oxygens (including phenoxy) is 1. The second-order valence-corrected chi connectivity index (χ2v) is 6.51. The van der Waals surface area contributed by atoms with Crippen LogP contribution < -0.4 is 11.1 Å². The van der Waals surface area contributed by atoms with E-state index in [9.17, 15) is 18.0 Å². The first-order valence-corrected chi connectivity index (χ1v) is 7.59. The Bertz CT molecular complexity index is 700. The summed E-state index contributed by atoms with van der Waals surface area (Å²) in [4.78, 5) is 16.2. The molecule has 1 aromatic rings. The number of carbonyl (C=O) groups is 1. The molecule has 1 aliphatic carbocycles. The van der Waals surface area contributed by atoms with Gasteiger partial charge < -0.3 is 15.8 Å². The monoisotopic (exact) mass is 341 g/mol. The summed E-state index contributed by atoms with van der Waals surface area (Å²) in [6.45, 7) is 2.01. The van der Waals surface area contributed by atoms with Crippen LogP contribution in [0.5, 0.6) is 0 Å². The molecule has 1 aliphatic heterocycles. The third-order valence-corrected chi connectivity index (χ3v) is 4.30. The summed E-state index contributed by atoms with van der Waals surface area (Å²) >= 11 is 0. The molecule has 3 N–H and O–H groups in total. The largest absolute Gasteiger partial charge is 0.386 e. The maximum absolute atomic E-state index is 14.2. The summed E-state index contributed by atoms with van der Waals surface area (Å²) in [6.07, 6.45) is -0.918. The minimum absolute atomic E-state index is 0.150. The summed E-state index contributed by atoms with van der Waals surface area (Å²) in [5.41, 5.74) is 5.22. The van der Waals surface area contributed by atoms with Crippen molar-refractivity contribution in [3.8, 4) is 0 Å². The van der Waals surface area contributed by atoms with Crippen LogP contribution in [0.2, 0.25) is 0 Å². The number of halogens is 3. The topological polar surface area (TPSA) is 76.7 Å². The van der Waals surface area contributed by atoms with E-state index in [1.165, 1.54) is 18.2 Å². The van der Waals surface area contributed by atoms with Gasteiger partial charge in [-0.25, -0.2) is 13.2 Å². The number of alkyl halides is 2. The van der Waals surface area contributed by atoms with Crippen molar-refractivity contribution in [3.63, 3.8) is 0 Å². The smallest absolute Gasteiger partial charge is 0.249 e. The normalized spacial score (nSPS) is 26.4. The van der Waals surface area contributed by atoms with E-state index in [4.69, 9.17) is 10.5 Å². The van der Waals surface area contributed by atoms with E-state index in [1.54, 1.807) is 6.92 Å². The number of nitrogens with zero attached hydrogens (tertiary/aromatic N) is 1. The molecule has 5 nitrogen and oxygen atoms in total. The molecule has 1 atom stereocenters. The van der Waals surface area contributed by atoms with Gasteiger partial charge in [-0.2, -0.15) is 0 Å². The van der Waals surface area contributed by atoms with Crippen molar-refractivity contribution in [2.24, 2.45) is 16.6 Å². The number of amides is 1. The number of hydrogen-bond acceptors (Lipinski definition) is 4. The predicted molar refractivity (Wildman–Crippen MR) is 82.5 cm³/mol. The van der Waals surface area contributed by atoms with Crippen molar-refractivity contribution >= 4 is 17.4 Å². The molecule has 0 bridgehead atoms. The third-order valence-electron chi connectivity index (χ3n) is 4.30. The number of carbonyl (C=O) groups excluding carboxylic acids is 1. The average molecular weight is 341 g/mol. The minimum Gasteiger partial charge on any atom is -0.386 e. The fraction of sp³-hybridized carbons (Fsp3) is 0.500. The Hall–Kier alpha value is -2.09. The molecule has 0 aromatic heterocycles. The van der Waals surface area contributed by atoms with Crippen LogP contribution in [-0.4, -0.2) is 30.9 Å². The highest BCUT2D eigenvalue weighted by atomic mass is 19.3. The van der Waals surface area contributed by atoms with E-state index in [1.807, 2.05) is 0 Å². The van der Waals surface area contributed by atoms with Gasteiger partial charge in [0.25, 0.3) is 0 Å². The van der Waals surface area contributed by atoms with Gasteiger partial charge >= 0.3 is 0 Å². The number of nitrogens with one attached hydrogen (secondary N) is 1. The Labute approximate surface area is 137 Å². The van der Waals surface area contributed by atoms with Crippen LogP contribution in [0.15, 0.2) is 23.2 Å². The van der Waals surface area contributed by atoms with Gasteiger partial charge in [-0.1, -0.05) is 0 Å². The van der Waals surface area contributed by atoms with Gasteiger partial charge in [0.2, 0.25) is 11.8 Å². The summed E-state index contributed by atoms with van der Waals surface area (Å²) in [5.74, 6) is -4.24. The molecule has 0 spiro atoms. The second kappa shape index (κ2) is 5.77. The molecule has 2 aliphatic rings. The van der Waals surface area contributed by atoms with Crippen molar-refractivity contribution in [1.29, 1.82) is 0 Å². The van der Waals surface area contributed by atoms with Crippen molar-refractivity contribution in [1.82, 2.24) is 0 Å². The van der Waals surface area contributed by atoms with E-state index in [0.29, 0.717) is 5.69 Å². The molecular weight excluding hydrogens is 323 g/mol. The summed E-state index contributed by atoms with van der Waals surface area (Å²) in [6, 6.07) is 4.02. The van der Waals surface area contributed by atoms with Crippen LogP contribution in [0.1, 0.15) is 25.3 Å². The van der Waals surface area contributed by atoms with E-state index < -0.39 is 41.9 Å². The molecule has 1 fully saturated rings. The average Bonchev–Trinajstić information content (AvgIpc) is 2.46. The molecule has 0 radical (unpaired) electrons. The van der Waals surface area contributed by atoms with Crippen LogP contribution >= 0.6 is 0 Å². The standard InChI is InChI=1S/C16H18F3N3O2/c1-15(8-24-7-13(20)22-15)11-4-10(2-3-12(11)17)21-14(23)9-5-16(18,19)6-9/h2-4,9H,5-8H2,1H3,(H2,20,22)(H,21,23). The molecular formula is C16H18F3N3O2. The van der Waals surface area contributed by atoms with Crippen molar-refractivity contribution in [2.45, 2.75) is 31.2 Å². The number of anilines is 1. The Morgan fingerprint density at radius 1 is 1.42 bits per heavy atom. The Kier molecular flexibility index (Phi) is 4.03. The van der Waals surface area contributed by atoms with Crippen LogP contribution in [0.3, 0.4) is 0 Å². The number of nitrogens with two attached hydrogens (primary N) is 1. The lowest BCUT2D eigenvalue weighted by atomic mass is 9.80. The summed E-state index contributed by atoms with van der Waals surface area (Å²) in [7, 11) is 0. The molecule has 8 heteroatoms. The molecule has 1 unspecified atom stereocenters. The lowest BCUT2D eigenvalue weighted by Crippen LogP contribution is -2.42. The predicted octanol–water partition coefficient (Wildman–Crippen LogP) is 2.41. The summed E-state index contributed by atoms with van der Waals surface area (Å²) < 4.78 is 45.3. The van der Waals surface area contributed by atoms with Gasteiger partial charge in [-0.05, 0) is 25.1 Å². The van der Waals surface area contributed by atoms with Crippen LogP contribution in [0.25, 0.3) is 0 Å². The zero-order valence-electron chi connectivity index (χ0n) is 13.1. The number of rotatable bonds is 3. The van der Waals surface area contributed by atoms with E-state index >= 15 is 0 Å². The van der Waals surface area contributed by atoms with Crippen LogP contribution in [0.4, 0.5) is 18.9 Å². The highest BCUT2D eigenvalue weighted by Crippen LogP contribution is 2.43. The van der Waals surface area contributed by atoms with Gasteiger partial charge in [0.1, 0.15) is 23.8 Å². The maximum Gasteiger partial charge on any atom is 0.249 e. The molecule has 1 aromatic carbocycles. The second-order valence-electron chi connectivity index (χ2n) is 6.51. The Morgan fingerprint density at radius 2 is 2.12 bits per heavy atom. The lowest BCUT2D eigenvalue weighted by molar-refractivity contribution is -0.145. The van der Waals surface area contributed by atoms with Crippen molar-refractivity contribution in [3.05, 3.63) is 29.6 Å². The molecule has 0 saturated heterocycles. The first-order valence-electron chi connectivity index (χ1n) is 7.59. The van der Waals surface area contributed by atoms with Crippen LogP contribution in [-0.2, 0) is 15.1 Å². The Balaban J connectivity index is 1.79. The summed E-state index contributed by atoms with van der Waals surface area (Å²) in [5, 5.41) is 2.56. The minimum atomic E-state index is -2.77. The highest BCUT2D eigenvalue weighted by Gasteiger charge is 2.48. The number of aliphatic imine (C=N–C) groups is 1. The number of amidine groups is 1. The highest BCUT2D eigenvalue weighted by molar-refractivity contribution is 5.93. The fourth-order valence-electron chi connectivity index (χ4n) is 2.98. The molecule has 130 valence electrons. The SMILES string of the molecule is CC1(c2cc(NC(=O)C3CC(F)(F)C3)ccc2F)COCC(N)=N1. The van der Waals surface area contributed by atoms with Gasteiger partial charge in [0, 0.05) is 30.0 Å². The zero-order chi connectivity index (χ0) is 17.5. The quantitative estimate of drug-likeness (QED) is 0.886. The van der Waals surface area contributed by atoms with Crippen LogP contribution in [0, 0.1) is 11.7 Å². The van der Waals surface area contributed by atoms with E-state index in [2.05, 4.69) is 10.3 Å². The molecule has 1 saturated carbocycles. The van der Waals surface area contributed by atoms with E-state index in [0.717, 1.165) is 0 Å². The van der Waals surface area contributed by atoms with Crippen molar-refractivity contribution < 1.29 is 22.7 Å². The van der Waals surface area contributed by atoms with E-state index in [-0.39, 0.29) is 24.6 Å². The third kappa shape index (κ3) is 3.24.